The van der Waals surface area contributed by atoms with E-state index in [9.17, 15) is 4.79 Å². The second kappa shape index (κ2) is 4.75. The van der Waals surface area contributed by atoms with Crippen molar-refractivity contribution in [1.29, 1.82) is 0 Å². The molecule has 0 radical (unpaired) electrons. The topological polar surface area (TPSA) is 76.2 Å². The van der Waals surface area contributed by atoms with Crippen LogP contribution in [0.4, 0.5) is 5.69 Å². The van der Waals surface area contributed by atoms with Gasteiger partial charge in [-0.05, 0) is 13.8 Å². The van der Waals surface area contributed by atoms with E-state index in [0.717, 1.165) is 26.2 Å². The number of piperazine rings is 1. The summed E-state index contributed by atoms with van der Waals surface area (Å²) in [5.41, 5.74) is 6.82. The zero-order valence-corrected chi connectivity index (χ0v) is 10.3. The third-order valence-electron chi connectivity index (χ3n) is 2.92. The Hall–Kier alpha value is -1.56. The van der Waals surface area contributed by atoms with Gasteiger partial charge >= 0.3 is 0 Å². The van der Waals surface area contributed by atoms with Crippen molar-refractivity contribution in [1.82, 2.24) is 20.0 Å². The number of rotatable bonds is 2. The molecule has 94 valence electrons. The fourth-order valence-electron chi connectivity index (χ4n) is 2.01. The molecule has 0 aliphatic carbocycles. The molecule has 3 N–H and O–H groups in total. The van der Waals surface area contributed by atoms with E-state index in [1.165, 1.54) is 0 Å². The second-order valence-electron chi connectivity index (χ2n) is 4.53. The number of amides is 1. The summed E-state index contributed by atoms with van der Waals surface area (Å²) in [4.78, 5) is 14.2. The number of nitrogens with one attached hydrogen (secondary N) is 1. The van der Waals surface area contributed by atoms with Crippen molar-refractivity contribution in [3.05, 3.63) is 11.9 Å². The van der Waals surface area contributed by atoms with Gasteiger partial charge in [0.1, 0.15) is 5.69 Å². The van der Waals surface area contributed by atoms with Gasteiger partial charge in [-0.15, -0.1) is 0 Å². The van der Waals surface area contributed by atoms with E-state index >= 15 is 0 Å². The molecular weight excluding hydrogens is 218 g/mol. The van der Waals surface area contributed by atoms with Gasteiger partial charge in [0.25, 0.3) is 5.91 Å². The number of nitrogen functional groups attached to an aromatic ring is 1. The van der Waals surface area contributed by atoms with E-state index in [4.69, 9.17) is 5.73 Å². The molecule has 6 nitrogen and oxygen atoms in total. The minimum absolute atomic E-state index is 0.0183. The van der Waals surface area contributed by atoms with E-state index in [2.05, 4.69) is 10.4 Å². The van der Waals surface area contributed by atoms with Crippen LogP contribution >= 0.6 is 0 Å². The van der Waals surface area contributed by atoms with Gasteiger partial charge in [-0.3, -0.25) is 9.48 Å². The van der Waals surface area contributed by atoms with Crippen molar-refractivity contribution < 1.29 is 4.79 Å². The van der Waals surface area contributed by atoms with Crippen LogP contribution in [0.15, 0.2) is 6.20 Å². The summed E-state index contributed by atoms with van der Waals surface area (Å²) in [5.74, 6) is -0.0183. The Morgan fingerprint density at radius 1 is 1.47 bits per heavy atom. The molecule has 1 amide bonds. The Labute approximate surface area is 101 Å². The first kappa shape index (κ1) is 11.9. The fraction of sp³-hybridized carbons (Fsp3) is 0.636. The summed E-state index contributed by atoms with van der Waals surface area (Å²) in [6, 6.07) is 0.133. The first-order chi connectivity index (χ1) is 8.11. The summed E-state index contributed by atoms with van der Waals surface area (Å²) in [6.07, 6.45) is 1.55. The van der Waals surface area contributed by atoms with E-state index in [-0.39, 0.29) is 11.9 Å². The molecule has 0 bridgehead atoms. The molecule has 1 saturated heterocycles. The predicted molar refractivity (Wildman–Crippen MR) is 65.8 cm³/mol. The number of hydrogen-bond acceptors (Lipinski definition) is 4. The largest absolute Gasteiger partial charge is 0.396 e. The van der Waals surface area contributed by atoms with Crippen LogP contribution in [0, 0.1) is 0 Å². The number of nitrogens with zero attached hydrogens (tertiary/aromatic N) is 3. The normalized spacial score (nSPS) is 16.5. The highest BCUT2D eigenvalue weighted by molar-refractivity contribution is 5.97. The average molecular weight is 237 g/mol. The van der Waals surface area contributed by atoms with Crippen LogP contribution in [0.1, 0.15) is 30.4 Å². The number of carbonyl (C=O) groups is 1. The lowest BCUT2D eigenvalue weighted by molar-refractivity contribution is 0.0722. The summed E-state index contributed by atoms with van der Waals surface area (Å²) in [6.45, 7) is 7.09. The lowest BCUT2D eigenvalue weighted by Crippen LogP contribution is -2.47. The molecule has 0 aromatic carbocycles. The van der Waals surface area contributed by atoms with Gasteiger partial charge in [-0.2, -0.15) is 5.10 Å². The highest BCUT2D eigenvalue weighted by Crippen LogP contribution is 2.18. The molecule has 1 aromatic heterocycles. The summed E-state index contributed by atoms with van der Waals surface area (Å²) in [5, 5.41) is 7.38. The van der Waals surface area contributed by atoms with Crippen molar-refractivity contribution in [2.24, 2.45) is 0 Å². The highest BCUT2D eigenvalue weighted by atomic mass is 16.2. The van der Waals surface area contributed by atoms with Gasteiger partial charge in [-0.25, -0.2) is 0 Å². The Morgan fingerprint density at radius 3 is 2.71 bits per heavy atom. The molecule has 0 saturated carbocycles. The SMILES string of the molecule is CC(C)n1ncc(N)c1C(=O)N1CCNCC1. The van der Waals surface area contributed by atoms with Crippen LogP contribution in [0.3, 0.4) is 0 Å². The zero-order chi connectivity index (χ0) is 12.4. The van der Waals surface area contributed by atoms with Gasteiger partial charge in [0.2, 0.25) is 0 Å². The molecule has 2 heterocycles. The monoisotopic (exact) mass is 237 g/mol. The number of carbonyl (C=O) groups excluding carboxylic acids is 1. The van der Waals surface area contributed by atoms with Crippen molar-refractivity contribution in [3.8, 4) is 0 Å². The predicted octanol–water partition coefficient (Wildman–Crippen LogP) is 0.0916. The first-order valence-corrected chi connectivity index (χ1v) is 5.94. The van der Waals surface area contributed by atoms with Crippen molar-refractivity contribution in [3.63, 3.8) is 0 Å². The summed E-state index contributed by atoms with van der Waals surface area (Å²) < 4.78 is 1.69. The number of hydrogen-bond donors (Lipinski definition) is 2. The quantitative estimate of drug-likeness (QED) is 0.764. The molecule has 1 aliphatic rings. The molecule has 1 aromatic rings. The third-order valence-corrected chi connectivity index (χ3v) is 2.92. The Kier molecular flexibility index (Phi) is 3.33. The molecule has 1 fully saturated rings. The molecule has 0 spiro atoms. The zero-order valence-electron chi connectivity index (χ0n) is 10.3. The van der Waals surface area contributed by atoms with Crippen molar-refractivity contribution >= 4 is 11.6 Å². The third kappa shape index (κ3) is 2.26. The molecule has 0 unspecified atom stereocenters. The lowest BCUT2D eigenvalue weighted by atomic mass is 10.2. The molecule has 0 atom stereocenters. The van der Waals surface area contributed by atoms with E-state index < -0.39 is 0 Å². The Balaban J connectivity index is 2.26. The van der Waals surface area contributed by atoms with Crippen molar-refractivity contribution in [2.75, 3.05) is 31.9 Å². The minimum Gasteiger partial charge on any atom is -0.396 e. The van der Waals surface area contributed by atoms with Crippen LogP contribution in [-0.2, 0) is 0 Å². The van der Waals surface area contributed by atoms with Gasteiger partial charge in [-0.1, -0.05) is 0 Å². The maximum Gasteiger partial charge on any atom is 0.274 e. The molecule has 6 heteroatoms. The lowest BCUT2D eigenvalue weighted by Gasteiger charge is -2.28. The number of aromatic nitrogens is 2. The van der Waals surface area contributed by atoms with E-state index in [0.29, 0.717) is 11.4 Å². The maximum atomic E-state index is 12.4. The number of anilines is 1. The van der Waals surface area contributed by atoms with Crippen LogP contribution in [0.2, 0.25) is 0 Å². The smallest absolute Gasteiger partial charge is 0.274 e. The molecular formula is C11H19N5O. The van der Waals surface area contributed by atoms with Crippen LogP contribution in [-0.4, -0.2) is 46.8 Å². The Bertz CT molecular complexity index is 406. The maximum absolute atomic E-state index is 12.4. The highest BCUT2D eigenvalue weighted by Gasteiger charge is 2.24. The van der Waals surface area contributed by atoms with Gasteiger partial charge in [0.05, 0.1) is 11.9 Å². The van der Waals surface area contributed by atoms with Crippen LogP contribution in [0.25, 0.3) is 0 Å². The molecule has 1 aliphatic heterocycles. The average Bonchev–Trinajstić information content (AvgIpc) is 2.71. The van der Waals surface area contributed by atoms with Gasteiger partial charge < -0.3 is 16.0 Å². The summed E-state index contributed by atoms with van der Waals surface area (Å²) >= 11 is 0. The molecule has 17 heavy (non-hydrogen) atoms. The first-order valence-electron chi connectivity index (χ1n) is 5.94. The fourth-order valence-corrected chi connectivity index (χ4v) is 2.01. The van der Waals surface area contributed by atoms with Gasteiger partial charge in [0.15, 0.2) is 0 Å². The van der Waals surface area contributed by atoms with Crippen LogP contribution < -0.4 is 11.1 Å². The van der Waals surface area contributed by atoms with Crippen molar-refractivity contribution in [2.45, 2.75) is 19.9 Å². The molecule has 2 rings (SSSR count). The minimum atomic E-state index is -0.0183. The summed E-state index contributed by atoms with van der Waals surface area (Å²) in [7, 11) is 0. The Morgan fingerprint density at radius 2 is 2.12 bits per heavy atom. The number of nitrogens with two attached hydrogens (primary N) is 1. The standard InChI is InChI=1S/C11H19N5O/c1-8(2)16-10(9(12)7-14-16)11(17)15-5-3-13-4-6-15/h7-8,13H,3-6,12H2,1-2H3. The van der Waals surface area contributed by atoms with Crippen LogP contribution in [0.5, 0.6) is 0 Å². The van der Waals surface area contributed by atoms with E-state index in [1.807, 2.05) is 18.7 Å². The van der Waals surface area contributed by atoms with Gasteiger partial charge in [0, 0.05) is 32.2 Å². The second-order valence-corrected chi connectivity index (χ2v) is 4.53. The van der Waals surface area contributed by atoms with E-state index in [1.54, 1.807) is 10.9 Å².